The van der Waals surface area contributed by atoms with E-state index in [1.54, 1.807) is 6.92 Å². The molecule has 0 saturated heterocycles. The van der Waals surface area contributed by atoms with Crippen LogP contribution >= 0.6 is 23.1 Å². The molecule has 0 aliphatic rings. The summed E-state index contributed by atoms with van der Waals surface area (Å²) in [5, 5.41) is 1.56. The monoisotopic (exact) mass is 329 g/mol. The average Bonchev–Trinajstić information content (AvgIpc) is 2.88. The fourth-order valence-electron chi connectivity index (χ4n) is 2.28. The molecule has 0 fully saturated rings. The summed E-state index contributed by atoms with van der Waals surface area (Å²) in [5.74, 6) is 0.157. The van der Waals surface area contributed by atoms with Crippen molar-refractivity contribution in [2.24, 2.45) is 0 Å². The summed E-state index contributed by atoms with van der Waals surface area (Å²) in [4.78, 5) is 21.3. The molecular formula is C15H8ClN3O2S. The number of rotatable bonds is 1. The maximum atomic E-state index is 12.1. The largest absolute Gasteiger partial charge is 0.403 e. The van der Waals surface area contributed by atoms with Gasteiger partial charge in [0, 0.05) is 5.39 Å². The predicted molar refractivity (Wildman–Crippen MR) is 86.4 cm³/mol. The van der Waals surface area contributed by atoms with E-state index in [9.17, 15) is 4.79 Å². The van der Waals surface area contributed by atoms with Crippen molar-refractivity contribution in [1.82, 2.24) is 14.3 Å². The van der Waals surface area contributed by atoms with Crippen molar-refractivity contribution in [2.45, 2.75) is 6.92 Å². The Labute approximate surface area is 133 Å². The highest BCUT2D eigenvalue weighted by Crippen LogP contribution is 2.29. The van der Waals surface area contributed by atoms with Crippen LogP contribution in [-0.4, -0.2) is 14.3 Å². The van der Waals surface area contributed by atoms with Crippen LogP contribution in [0.3, 0.4) is 0 Å². The lowest BCUT2D eigenvalue weighted by molar-refractivity contribution is 0.518. The third kappa shape index (κ3) is 2.00. The highest BCUT2D eigenvalue weighted by molar-refractivity contribution is 7.12. The standard InChI is InChI=1S/C15H8ClN3O2S/c1-7-11-14(22-19-7)18-13(21-15(11)20)9-6-8-4-2-3-5-10(8)17-12(9)16/h2-6H,1H3. The molecule has 7 heteroatoms. The maximum Gasteiger partial charge on any atom is 0.349 e. The molecule has 1 aromatic carbocycles. The van der Waals surface area contributed by atoms with Gasteiger partial charge in [0.05, 0.1) is 16.8 Å². The number of pyridine rings is 1. The van der Waals surface area contributed by atoms with Crippen molar-refractivity contribution in [3.63, 3.8) is 0 Å². The van der Waals surface area contributed by atoms with E-state index in [0.717, 1.165) is 22.4 Å². The minimum atomic E-state index is -0.463. The van der Waals surface area contributed by atoms with Crippen LogP contribution < -0.4 is 5.63 Å². The van der Waals surface area contributed by atoms with Crippen molar-refractivity contribution in [1.29, 1.82) is 0 Å². The van der Waals surface area contributed by atoms with Gasteiger partial charge in [-0.25, -0.2) is 9.78 Å². The van der Waals surface area contributed by atoms with E-state index in [-0.39, 0.29) is 11.0 Å². The number of hydrogen-bond donors (Lipinski definition) is 0. The molecule has 0 radical (unpaired) electrons. The first-order valence-electron chi connectivity index (χ1n) is 6.46. The molecule has 0 aliphatic carbocycles. The van der Waals surface area contributed by atoms with Gasteiger partial charge in [-0.15, -0.1) is 0 Å². The van der Waals surface area contributed by atoms with Crippen molar-refractivity contribution >= 4 is 44.3 Å². The lowest BCUT2D eigenvalue weighted by Gasteiger charge is -2.04. The molecule has 4 rings (SSSR count). The van der Waals surface area contributed by atoms with Crippen molar-refractivity contribution in [3.05, 3.63) is 51.6 Å². The molecule has 3 heterocycles. The molecule has 0 unspecified atom stereocenters. The third-order valence-corrected chi connectivity index (χ3v) is 4.47. The van der Waals surface area contributed by atoms with Gasteiger partial charge in [-0.1, -0.05) is 29.8 Å². The van der Waals surface area contributed by atoms with Crippen LogP contribution in [-0.2, 0) is 0 Å². The maximum absolute atomic E-state index is 12.1. The Balaban J connectivity index is 2.02. The van der Waals surface area contributed by atoms with Gasteiger partial charge in [-0.2, -0.15) is 9.36 Å². The van der Waals surface area contributed by atoms with Crippen LogP contribution in [0, 0.1) is 6.92 Å². The van der Waals surface area contributed by atoms with E-state index in [1.807, 2.05) is 30.3 Å². The zero-order valence-electron chi connectivity index (χ0n) is 11.3. The summed E-state index contributed by atoms with van der Waals surface area (Å²) >= 11 is 7.38. The summed E-state index contributed by atoms with van der Waals surface area (Å²) < 4.78 is 9.46. The second-order valence-corrected chi connectivity index (χ2v) is 5.88. The molecule has 0 atom stereocenters. The quantitative estimate of drug-likeness (QED) is 0.496. The second kappa shape index (κ2) is 4.86. The van der Waals surface area contributed by atoms with E-state index in [0.29, 0.717) is 21.5 Å². The van der Waals surface area contributed by atoms with Crippen molar-refractivity contribution in [2.75, 3.05) is 0 Å². The van der Waals surface area contributed by atoms with Gasteiger partial charge in [0.1, 0.15) is 10.5 Å². The van der Waals surface area contributed by atoms with Crippen LogP contribution in [0.4, 0.5) is 0 Å². The molecule has 5 nitrogen and oxygen atoms in total. The number of halogens is 1. The SMILES string of the molecule is Cc1nsc2nc(-c3cc4ccccc4nc3Cl)oc(=O)c12. The van der Waals surface area contributed by atoms with Gasteiger partial charge < -0.3 is 4.42 Å². The Morgan fingerprint density at radius 2 is 2.05 bits per heavy atom. The van der Waals surface area contributed by atoms with E-state index in [1.165, 1.54) is 0 Å². The summed E-state index contributed by atoms with van der Waals surface area (Å²) in [7, 11) is 0. The molecule has 0 spiro atoms. The van der Waals surface area contributed by atoms with E-state index < -0.39 is 5.63 Å². The van der Waals surface area contributed by atoms with E-state index in [4.69, 9.17) is 16.0 Å². The lowest BCUT2D eigenvalue weighted by atomic mass is 10.1. The van der Waals surface area contributed by atoms with Gasteiger partial charge in [0.25, 0.3) is 0 Å². The zero-order chi connectivity index (χ0) is 15.3. The number of fused-ring (bicyclic) bond motifs is 2. The average molecular weight is 330 g/mol. The first-order valence-corrected chi connectivity index (χ1v) is 7.61. The minimum absolute atomic E-state index is 0.157. The number of hydrogen-bond acceptors (Lipinski definition) is 6. The van der Waals surface area contributed by atoms with Crippen LogP contribution in [0.25, 0.3) is 32.6 Å². The zero-order valence-corrected chi connectivity index (χ0v) is 12.9. The van der Waals surface area contributed by atoms with Crippen LogP contribution in [0.15, 0.2) is 39.5 Å². The predicted octanol–water partition coefficient (Wildman–Crippen LogP) is 3.82. The smallest absolute Gasteiger partial charge is 0.349 e. The lowest BCUT2D eigenvalue weighted by Crippen LogP contribution is -2.02. The first-order chi connectivity index (χ1) is 10.6. The second-order valence-electron chi connectivity index (χ2n) is 4.77. The highest BCUT2D eigenvalue weighted by Gasteiger charge is 2.16. The molecule has 0 N–H and O–H groups in total. The Hall–Kier alpha value is -2.31. The number of para-hydroxylation sites is 1. The number of nitrogens with zero attached hydrogens (tertiary/aromatic N) is 3. The molecule has 3 aromatic heterocycles. The van der Waals surface area contributed by atoms with Crippen molar-refractivity contribution < 1.29 is 4.42 Å². The van der Waals surface area contributed by atoms with Gasteiger partial charge in [-0.3, -0.25) is 0 Å². The molecule has 108 valence electrons. The Kier molecular flexibility index (Phi) is 2.95. The molecule has 0 amide bonds. The fraction of sp³-hybridized carbons (Fsp3) is 0.0667. The van der Waals surface area contributed by atoms with E-state index >= 15 is 0 Å². The van der Waals surface area contributed by atoms with Crippen molar-refractivity contribution in [3.8, 4) is 11.5 Å². The molecular weight excluding hydrogens is 322 g/mol. The van der Waals surface area contributed by atoms with Gasteiger partial charge in [0.2, 0.25) is 5.89 Å². The minimum Gasteiger partial charge on any atom is -0.403 e. The fourth-order valence-corrected chi connectivity index (χ4v) is 3.27. The van der Waals surface area contributed by atoms with Crippen LogP contribution in [0.5, 0.6) is 0 Å². The highest BCUT2D eigenvalue weighted by atomic mass is 35.5. The van der Waals surface area contributed by atoms with Gasteiger partial charge >= 0.3 is 5.63 Å². The summed E-state index contributed by atoms with van der Waals surface area (Å²) in [6, 6.07) is 9.38. The molecule has 0 bridgehead atoms. The number of benzene rings is 1. The molecule has 0 aliphatic heterocycles. The van der Waals surface area contributed by atoms with Crippen LogP contribution in [0.1, 0.15) is 5.69 Å². The summed E-state index contributed by atoms with van der Waals surface area (Å²) in [6.07, 6.45) is 0. The topological polar surface area (TPSA) is 68.9 Å². The van der Waals surface area contributed by atoms with E-state index in [2.05, 4.69) is 14.3 Å². The Bertz CT molecular complexity index is 1090. The summed E-state index contributed by atoms with van der Waals surface area (Å²) in [5.41, 5.74) is 1.42. The number of aryl methyl sites for hydroxylation is 1. The van der Waals surface area contributed by atoms with Crippen LogP contribution in [0.2, 0.25) is 5.15 Å². The Morgan fingerprint density at radius 1 is 1.23 bits per heavy atom. The third-order valence-electron chi connectivity index (χ3n) is 3.35. The Morgan fingerprint density at radius 3 is 2.91 bits per heavy atom. The van der Waals surface area contributed by atoms with Gasteiger partial charge in [0.15, 0.2) is 4.83 Å². The molecule has 4 aromatic rings. The first kappa shape index (κ1) is 13.4. The molecule has 22 heavy (non-hydrogen) atoms. The molecule has 0 saturated carbocycles. The number of aromatic nitrogens is 3. The normalized spacial score (nSPS) is 11.4. The van der Waals surface area contributed by atoms with Gasteiger partial charge in [-0.05, 0) is 30.6 Å². The summed E-state index contributed by atoms with van der Waals surface area (Å²) in [6.45, 7) is 1.75.